The maximum absolute atomic E-state index is 10.9. The zero-order valence-electron chi connectivity index (χ0n) is 18.6. The van der Waals surface area contributed by atoms with Crippen LogP contribution in [0, 0.1) is 0 Å². The van der Waals surface area contributed by atoms with Gasteiger partial charge in [-0.15, -0.1) is 9.42 Å². The molecule has 0 aromatic heterocycles. The standard InChI is InChI=1S/C24H41O4P/c1-3-4-5-6-7-8-9-10-11-12-13-14-15-18-21-27-24-20-17-16-19-23(24)22(2)28-29(25)26/h16-17,19-20,22H,3-15,18,21H2,1-2H3/p+1. The van der Waals surface area contributed by atoms with Gasteiger partial charge in [-0.25, -0.2) is 0 Å². The molecule has 2 atom stereocenters. The van der Waals surface area contributed by atoms with Crippen molar-refractivity contribution in [2.45, 2.75) is 110 Å². The van der Waals surface area contributed by atoms with E-state index in [0.717, 1.165) is 17.7 Å². The van der Waals surface area contributed by atoms with Crippen LogP contribution in [0.15, 0.2) is 24.3 Å². The first-order valence-corrected chi connectivity index (χ1v) is 12.8. The summed E-state index contributed by atoms with van der Waals surface area (Å²) >= 11 is 0. The Balaban J connectivity index is 1.99. The monoisotopic (exact) mass is 425 g/mol. The molecule has 0 aliphatic heterocycles. The van der Waals surface area contributed by atoms with Gasteiger partial charge in [-0.2, -0.15) is 0 Å². The third-order valence-electron chi connectivity index (χ3n) is 5.36. The third-order valence-corrected chi connectivity index (χ3v) is 5.86. The molecule has 5 heteroatoms. The van der Waals surface area contributed by atoms with E-state index >= 15 is 0 Å². The summed E-state index contributed by atoms with van der Waals surface area (Å²) in [5.74, 6) is 0.742. The van der Waals surface area contributed by atoms with Gasteiger partial charge in [0.1, 0.15) is 11.9 Å². The second kappa shape index (κ2) is 17.9. The van der Waals surface area contributed by atoms with Crippen molar-refractivity contribution in [1.82, 2.24) is 0 Å². The highest BCUT2D eigenvalue weighted by Gasteiger charge is 2.22. The van der Waals surface area contributed by atoms with Crippen LogP contribution >= 0.6 is 8.25 Å². The SMILES string of the molecule is CCCCCCCCCCCCCCCCOc1ccccc1C(C)O[P+](=O)O. The predicted molar refractivity (Wildman–Crippen MR) is 122 cm³/mol. The molecule has 2 unspecified atom stereocenters. The van der Waals surface area contributed by atoms with Crippen molar-refractivity contribution in [3.63, 3.8) is 0 Å². The van der Waals surface area contributed by atoms with E-state index in [0.29, 0.717) is 6.61 Å². The molecule has 0 fully saturated rings. The molecule has 0 heterocycles. The van der Waals surface area contributed by atoms with Gasteiger partial charge in [-0.05, 0) is 19.4 Å². The van der Waals surface area contributed by atoms with Crippen molar-refractivity contribution < 1.29 is 18.7 Å². The van der Waals surface area contributed by atoms with Gasteiger partial charge in [-0.3, -0.25) is 0 Å². The minimum absolute atomic E-state index is 0.462. The van der Waals surface area contributed by atoms with Gasteiger partial charge in [0.15, 0.2) is 0 Å². The lowest BCUT2D eigenvalue weighted by Gasteiger charge is -2.13. The largest absolute Gasteiger partial charge is 0.695 e. The fourth-order valence-corrected chi connectivity index (χ4v) is 4.00. The summed E-state index contributed by atoms with van der Waals surface area (Å²) in [5.41, 5.74) is 0.815. The van der Waals surface area contributed by atoms with Crippen molar-refractivity contribution in [3.8, 4) is 5.75 Å². The summed E-state index contributed by atoms with van der Waals surface area (Å²) in [6.07, 6.45) is 18.3. The molecule has 0 aliphatic rings. The van der Waals surface area contributed by atoms with Crippen LogP contribution in [-0.2, 0) is 9.09 Å². The Kier molecular flexibility index (Phi) is 16.1. The van der Waals surface area contributed by atoms with Gasteiger partial charge in [0, 0.05) is 10.1 Å². The maximum atomic E-state index is 10.9. The van der Waals surface area contributed by atoms with E-state index in [-0.39, 0.29) is 0 Å². The van der Waals surface area contributed by atoms with Crippen LogP contribution in [-0.4, -0.2) is 11.5 Å². The lowest BCUT2D eigenvalue weighted by atomic mass is 10.0. The van der Waals surface area contributed by atoms with Gasteiger partial charge in [0.25, 0.3) is 0 Å². The number of rotatable bonds is 19. The predicted octanol–water partition coefficient (Wildman–Crippen LogP) is 8.27. The molecule has 0 bridgehead atoms. The molecule has 0 aliphatic carbocycles. The summed E-state index contributed by atoms with van der Waals surface area (Å²) in [7, 11) is -2.62. The Morgan fingerprint density at radius 1 is 0.828 bits per heavy atom. The van der Waals surface area contributed by atoms with Gasteiger partial charge in [0.2, 0.25) is 0 Å². The van der Waals surface area contributed by atoms with Crippen LogP contribution in [0.4, 0.5) is 0 Å². The minimum Gasteiger partial charge on any atom is -0.493 e. The average Bonchev–Trinajstić information content (AvgIpc) is 2.70. The summed E-state index contributed by atoms with van der Waals surface area (Å²) in [6.45, 7) is 4.71. The molecule has 0 radical (unpaired) electrons. The average molecular weight is 426 g/mol. The number of unbranched alkanes of at least 4 members (excludes halogenated alkanes) is 13. The molecule has 1 aromatic carbocycles. The zero-order valence-corrected chi connectivity index (χ0v) is 19.5. The normalized spacial score (nSPS) is 12.7. The van der Waals surface area contributed by atoms with E-state index in [1.54, 1.807) is 6.92 Å². The van der Waals surface area contributed by atoms with Crippen LogP contribution in [0.2, 0.25) is 0 Å². The molecular formula is C24H42O4P+. The fraction of sp³-hybridized carbons (Fsp3) is 0.750. The van der Waals surface area contributed by atoms with Crippen LogP contribution in [0.3, 0.4) is 0 Å². The zero-order chi connectivity index (χ0) is 21.2. The molecule has 0 amide bonds. The lowest BCUT2D eigenvalue weighted by Crippen LogP contribution is -2.03. The van der Waals surface area contributed by atoms with Gasteiger partial charge in [0.05, 0.1) is 6.61 Å². The maximum Gasteiger partial charge on any atom is 0.695 e. The van der Waals surface area contributed by atoms with Crippen LogP contribution in [0.25, 0.3) is 0 Å². The van der Waals surface area contributed by atoms with E-state index in [4.69, 9.17) is 14.2 Å². The second-order valence-corrected chi connectivity index (χ2v) is 8.65. The lowest BCUT2D eigenvalue weighted by molar-refractivity contribution is 0.201. The molecule has 0 saturated heterocycles. The first-order valence-electron chi connectivity index (χ1n) is 11.7. The van der Waals surface area contributed by atoms with E-state index < -0.39 is 14.4 Å². The Morgan fingerprint density at radius 2 is 1.31 bits per heavy atom. The summed E-state index contributed by atoms with van der Waals surface area (Å²) in [5, 5.41) is 0. The van der Waals surface area contributed by atoms with Crippen LogP contribution < -0.4 is 4.74 Å². The van der Waals surface area contributed by atoms with Gasteiger partial charge >= 0.3 is 8.25 Å². The Morgan fingerprint density at radius 3 is 1.83 bits per heavy atom. The van der Waals surface area contributed by atoms with Crippen molar-refractivity contribution in [2.75, 3.05) is 6.61 Å². The van der Waals surface area contributed by atoms with Crippen molar-refractivity contribution in [2.24, 2.45) is 0 Å². The van der Waals surface area contributed by atoms with E-state index in [9.17, 15) is 4.57 Å². The molecule has 0 saturated carbocycles. The van der Waals surface area contributed by atoms with Crippen molar-refractivity contribution in [1.29, 1.82) is 0 Å². The first-order chi connectivity index (χ1) is 14.1. The smallest absolute Gasteiger partial charge is 0.493 e. The second-order valence-electron chi connectivity index (χ2n) is 7.97. The molecular weight excluding hydrogens is 383 g/mol. The Hall–Kier alpha value is -0.960. The van der Waals surface area contributed by atoms with Crippen LogP contribution in [0.1, 0.15) is 115 Å². The molecule has 166 valence electrons. The van der Waals surface area contributed by atoms with E-state index in [1.807, 2.05) is 24.3 Å². The molecule has 29 heavy (non-hydrogen) atoms. The van der Waals surface area contributed by atoms with Gasteiger partial charge < -0.3 is 4.74 Å². The summed E-state index contributed by atoms with van der Waals surface area (Å²) < 4.78 is 21.8. The van der Waals surface area contributed by atoms with Gasteiger partial charge in [-0.1, -0.05) is 109 Å². The molecule has 0 spiro atoms. The van der Waals surface area contributed by atoms with Crippen LogP contribution in [0.5, 0.6) is 5.75 Å². The summed E-state index contributed by atoms with van der Waals surface area (Å²) in [4.78, 5) is 8.94. The summed E-state index contributed by atoms with van der Waals surface area (Å²) in [6, 6.07) is 7.57. The van der Waals surface area contributed by atoms with E-state index in [2.05, 4.69) is 6.92 Å². The molecule has 1 rings (SSSR count). The molecule has 1 N–H and O–H groups in total. The Bertz CT molecular complexity index is 535. The quantitative estimate of drug-likeness (QED) is 0.179. The molecule has 4 nitrogen and oxygen atoms in total. The number of ether oxygens (including phenoxy) is 1. The fourth-order valence-electron chi connectivity index (χ4n) is 3.62. The number of hydrogen-bond acceptors (Lipinski definition) is 3. The van der Waals surface area contributed by atoms with E-state index in [1.165, 1.54) is 83.5 Å². The number of para-hydroxylation sites is 1. The number of hydrogen-bond donors (Lipinski definition) is 1. The number of benzene rings is 1. The van der Waals surface area contributed by atoms with Crippen molar-refractivity contribution in [3.05, 3.63) is 29.8 Å². The molecule has 1 aromatic rings. The topological polar surface area (TPSA) is 55.8 Å². The van der Waals surface area contributed by atoms with Crippen molar-refractivity contribution >= 4 is 8.25 Å². The highest BCUT2D eigenvalue weighted by Crippen LogP contribution is 2.33. The highest BCUT2D eigenvalue weighted by molar-refractivity contribution is 7.32. The first kappa shape index (κ1) is 26.1. The Labute approximate surface area is 179 Å². The minimum atomic E-state index is -2.62. The highest BCUT2D eigenvalue weighted by atomic mass is 31.1. The third kappa shape index (κ3) is 13.8.